The molecule has 2 rings (SSSR count). The van der Waals surface area contributed by atoms with E-state index in [-0.39, 0.29) is 0 Å². The normalized spacial score (nSPS) is 19.6. The van der Waals surface area contributed by atoms with Crippen LogP contribution in [0.3, 0.4) is 0 Å². The van der Waals surface area contributed by atoms with Crippen molar-refractivity contribution < 1.29 is 4.74 Å². The molecule has 1 aliphatic rings. The van der Waals surface area contributed by atoms with Gasteiger partial charge in [0.05, 0.1) is 7.11 Å². The van der Waals surface area contributed by atoms with Gasteiger partial charge in [0.25, 0.3) is 0 Å². The number of methoxy groups -OCH3 is 1. The van der Waals surface area contributed by atoms with Crippen LogP contribution in [0.5, 0.6) is 5.75 Å². The predicted octanol–water partition coefficient (Wildman–Crippen LogP) is 3.85. The topological polar surface area (TPSA) is 21.3 Å². The third-order valence-corrected chi connectivity index (χ3v) is 4.00. The summed E-state index contributed by atoms with van der Waals surface area (Å²) in [5.41, 5.74) is 2.93. The molecule has 1 N–H and O–H groups in total. The summed E-state index contributed by atoms with van der Waals surface area (Å²) in [7, 11) is 1.74. The monoisotopic (exact) mass is 247 g/mol. The molecule has 100 valence electrons. The van der Waals surface area contributed by atoms with E-state index < -0.39 is 0 Å². The zero-order valence-electron chi connectivity index (χ0n) is 11.8. The minimum absolute atomic E-state index is 0.520. The van der Waals surface area contributed by atoms with E-state index in [1.54, 1.807) is 7.11 Å². The van der Waals surface area contributed by atoms with Gasteiger partial charge in [0, 0.05) is 12.1 Å². The van der Waals surface area contributed by atoms with Crippen molar-refractivity contribution in [1.29, 1.82) is 0 Å². The highest BCUT2D eigenvalue weighted by atomic mass is 16.5. The maximum absolute atomic E-state index is 5.34. The van der Waals surface area contributed by atoms with E-state index >= 15 is 0 Å². The van der Waals surface area contributed by atoms with Crippen molar-refractivity contribution in [3.05, 3.63) is 29.3 Å². The summed E-state index contributed by atoms with van der Waals surface area (Å²) in [4.78, 5) is 0. The lowest BCUT2D eigenvalue weighted by atomic mass is 10.0. The molecule has 0 radical (unpaired) electrons. The summed E-state index contributed by atoms with van der Waals surface area (Å²) in [6.07, 6.45) is 6.15. The molecule has 0 heterocycles. The van der Waals surface area contributed by atoms with Crippen molar-refractivity contribution in [2.24, 2.45) is 0 Å². The Bertz CT molecular complexity index is 389. The Kier molecular flexibility index (Phi) is 4.65. The molecule has 1 aliphatic carbocycles. The lowest BCUT2D eigenvalue weighted by molar-refractivity contribution is 0.395. The van der Waals surface area contributed by atoms with Crippen LogP contribution in [0.25, 0.3) is 0 Å². The molecule has 2 nitrogen and oxygen atoms in total. The molecule has 0 saturated carbocycles. The molecular formula is C16H25NO. The molecule has 2 heteroatoms. The number of ether oxygens (including phenoxy) is 1. The minimum Gasteiger partial charge on any atom is -0.497 e. The predicted molar refractivity (Wildman–Crippen MR) is 76.2 cm³/mol. The smallest absolute Gasteiger partial charge is 0.119 e. The van der Waals surface area contributed by atoms with E-state index in [1.807, 2.05) is 0 Å². The highest BCUT2D eigenvalue weighted by Crippen LogP contribution is 2.34. The molecule has 18 heavy (non-hydrogen) atoms. The molecule has 0 amide bonds. The summed E-state index contributed by atoms with van der Waals surface area (Å²) < 4.78 is 5.34. The minimum atomic E-state index is 0.520. The first-order valence-corrected chi connectivity index (χ1v) is 7.21. The van der Waals surface area contributed by atoms with Crippen molar-refractivity contribution in [2.45, 2.75) is 58.0 Å². The summed E-state index contributed by atoms with van der Waals surface area (Å²) in [6, 6.07) is 7.67. The van der Waals surface area contributed by atoms with Gasteiger partial charge in [-0.2, -0.15) is 0 Å². The molecule has 0 bridgehead atoms. The average Bonchev–Trinajstić information content (AvgIpc) is 2.80. The quantitative estimate of drug-likeness (QED) is 0.824. The molecule has 0 spiro atoms. The Hall–Kier alpha value is -1.02. The molecule has 0 aromatic heterocycles. The highest BCUT2D eigenvalue weighted by molar-refractivity contribution is 5.40. The maximum Gasteiger partial charge on any atom is 0.119 e. The van der Waals surface area contributed by atoms with Crippen molar-refractivity contribution in [3.63, 3.8) is 0 Å². The number of fused-ring (bicyclic) bond motifs is 1. The van der Waals surface area contributed by atoms with Crippen LogP contribution in [0.15, 0.2) is 18.2 Å². The van der Waals surface area contributed by atoms with Crippen LogP contribution >= 0.6 is 0 Å². The van der Waals surface area contributed by atoms with E-state index in [9.17, 15) is 0 Å². The lowest BCUT2D eigenvalue weighted by Crippen LogP contribution is -2.31. The van der Waals surface area contributed by atoms with Gasteiger partial charge in [-0.3, -0.25) is 0 Å². The Morgan fingerprint density at radius 3 is 2.89 bits per heavy atom. The molecule has 1 aromatic carbocycles. The average molecular weight is 247 g/mol. The second-order valence-corrected chi connectivity index (χ2v) is 5.22. The van der Waals surface area contributed by atoms with Crippen LogP contribution < -0.4 is 10.1 Å². The van der Waals surface area contributed by atoms with Gasteiger partial charge in [0.1, 0.15) is 5.75 Å². The number of benzene rings is 1. The van der Waals surface area contributed by atoms with Gasteiger partial charge in [-0.25, -0.2) is 0 Å². The number of hydrogen-bond donors (Lipinski definition) is 1. The van der Waals surface area contributed by atoms with Gasteiger partial charge in [0.2, 0.25) is 0 Å². The Morgan fingerprint density at radius 1 is 1.39 bits per heavy atom. The van der Waals surface area contributed by atoms with Crippen molar-refractivity contribution in [2.75, 3.05) is 7.11 Å². The van der Waals surface area contributed by atoms with Crippen LogP contribution in [0, 0.1) is 0 Å². The van der Waals surface area contributed by atoms with E-state index in [0.717, 1.165) is 5.75 Å². The van der Waals surface area contributed by atoms with Gasteiger partial charge in [-0.05, 0) is 48.9 Å². The van der Waals surface area contributed by atoms with Crippen LogP contribution in [0.1, 0.15) is 56.7 Å². The fourth-order valence-corrected chi connectivity index (χ4v) is 2.92. The van der Waals surface area contributed by atoms with Gasteiger partial charge in [0.15, 0.2) is 0 Å². The van der Waals surface area contributed by atoms with Crippen LogP contribution in [-0.4, -0.2) is 13.2 Å². The summed E-state index contributed by atoms with van der Waals surface area (Å²) in [5, 5.41) is 3.82. The highest BCUT2D eigenvalue weighted by Gasteiger charge is 2.24. The van der Waals surface area contributed by atoms with Crippen molar-refractivity contribution >= 4 is 0 Å². The maximum atomic E-state index is 5.34. The summed E-state index contributed by atoms with van der Waals surface area (Å²) in [6.45, 7) is 4.53. The first kappa shape index (κ1) is 13.4. The molecule has 0 fully saturated rings. The van der Waals surface area contributed by atoms with E-state index in [1.165, 1.54) is 43.2 Å². The molecule has 2 atom stereocenters. The summed E-state index contributed by atoms with van der Waals surface area (Å²) in [5.74, 6) is 0.978. The zero-order chi connectivity index (χ0) is 13.0. The summed E-state index contributed by atoms with van der Waals surface area (Å²) >= 11 is 0. The number of rotatable bonds is 6. The molecule has 1 aromatic rings. The Morgan fingerprint density at radius 2 is 2.22 bits per heavy atom. The number of hydrogen-bond acceptors (Lipinski definition) is 2. The van der Waals surface area contributed by atoms with E-state index in [2.05, 4.69) is 37.4 Å². The van der Waals surface area contributed by atoms with Gasteiger partial charge in [-0.1, -0.05) is 26.3 Å². The van der Waals surface area contributed by atoms with Gasteiger partial charge in [-0.15, -0.1) is 0 Å². The zero-order valence-corrected chi connectivity index (χ0v) is 11.8. The Labute approximate surface area is 111 Å². The molecular weight excluding hydrogens is 222 g/mol. The fraction of sp³-hybridized carbons (Fsp3) is 0.625. The second-order valence-electron chi connectivity index (χ2n) is 5.22. The number of aryl methyl sites for hydroxylation is 1. The van der Waals surface area contributed by atoms with Crippen LogP contribution in [0.2, 0.25) is 0 Å². The standard InChI is InChI=1S/C16H25NO/c1-4-6-13(5-2)17-16-10-8-12-7-9-14(18-3)11-15(12)16/h7,9,11,13,16-17H,4-6,8,10H2,1-3H3. The van der Waals surface area contributed by atoms with Crippen molar-refractivity contribution in [1.82, 2.24) is 5.32 Å². The van der Waals surface area contributed by atoms with Crippen LogP contribution in [-0.2, 0) is 6.42 Å². The molecule has 0 saturated heterocycles. The first-order chi connectivity index (χ1) is 8.78. The van der Waals surface area contributed by atoms with E-state index in [0.29, 0.717) is 12.1 Å². The van der Waals surface area contributed by atoms with Gasteiger partial charge < -0.3 is 10.1 Å². The first-order valence-electron chi connectivity index (χ1n) is 7.21. The van der Waals surface area contributed by atoms with Crippen molar-refractivity contribution in [3.8, 4) is 5.75 Å². The SMILES string of the molecule is CCCC(CC)NC1CCc2ccc(OC)cc21. The van der Waals surface area contributed by atoms with Crippen LogP contribution in [0.4, 0.5) is 0 Å². The Balaban J connectivity index is 2.09. The van der Waals surface area contributed by atoms with Gasteiger partial charge >= 0.3 is 0 Å². The molecule has 0 aliphatic heterocycles. The lowest BCUT2D eigenvalue weighted by Gasteiger charge is -2.22. The van der Waals surface area contributed by atoms with E-state index in [4.69, 9.17) is 4.74 Å². The largest absolute Gasteiger partial charge is 0.497 e. The molecule has 2 unspecified atom stereocenters. The number of nitrogens with one attached hydrogen (secondary N) is 1. The second kappa shape index (κ2) is 6.24. The fourth-order valence-electron chi connectivity index (χ4n) is 2.92. The third-order valence-electron chi connectivity index (χ3n) is 4.00. The third kappa shape index (κ3) is 2.86.